The summed E-state index contributed by atoms with van der Waals surface area (Å²) in [6.45, 7) is 0. The van der Waals surface area contributed by atoms with Gasteiger partial charge in [0.25, 0.3) is 0 Å². The van der Waals surface area contributed by atoms with Gasteiger partial charge in [0.05, 0.1) is 27.8 Å². The highest BCUT2D eigenvalue weighted by Gasteiger charge is 2.20. The molecule has 0 unspecified atom stereocenters. The highest BCUT2D eigenvalue weighted by molar-refractivity contribution is 6.25. The van der Waals surface area contributed by atoms with Gasteiger partial charge < -0.3 is 14.0 Å². The summed E-state index contributed by atoms with van der Waals surface area (Å²) in [6, 6.07) is 76.9. The Morgan fingerprint density at radius 1 is 0.305 bits per heavy atom. The minimum Gasteiger partial charge on any atom is -0.310 e. The zero-order chi connectivity index (χ0) is 38.9. The van der Waals surface area contributed by atoms with E-state index in [0.717, 1.165) is 22.7 Å². The quantitative estimate of drug-likeness (QED) is 0.117. The first-order valence-electron chi connectivity index (χ1n) is 20.3. The maximum atomic E-state index is 2.40. The fourth-order valence-corrected chi connectivity index (χ4v) is 9.49. The Morgan fingerprint density at radius 3 is 1.56 bits per heavy atom. The van der Waals surface area contributed by atoms with Crippen LogP contribution in [-0.2, 0) is 0 Å². The van der Waals surface area contributed by atoms with Crippen molar-refractivity contribution >= 4 is 94.4 Å². The summed E-state index contributed by atoms with van der Waals surface area (Å²) in [5, 5.41) is 10.1. The predicted molar refractivity (Wildman–Crippen MR) is 251 cm³/mol. The molecule has 0 fully saturated rings. The van der Waals surface area contributed by atoms with E-state index in [-0.39, 0.29) is 0 Å². The highest BCUT2D eigenvalue weighted by atomic mass is 15.1. The lowest BCUT2D eigenvalue weighted by Crippen LogP contribution is -2.10. The van der Waals surface area contributed by atoms with Crippen LogP contribution >= 0.6 is 0 Å². The first kappa shape index (κ1) is 33.3. The number of rotatable bonds is 7. The summed E-state index contributed by atoms with van der Waals surface area (Å²) >= 11 is 0. The van der Waals surface area contributed by atoms with Gasteiger partial charge in [0.15, 0.2) is 0 Å². The summed E-state index contributed by atoms with van der Waals surface area (Å²) < 4.78 is 4.78. The molecule has 3 nitrogen and oxygen atoms in total. The summed E-state index contributed by atoms with van der Waals surface area (Å²) in [7, 11) is 0. The van der Waals surface area contributed by atoms with Crippen molar-refractivity contribution in [1.82, 2.24) is 9.13 Å². The molecule has 0 saturated carbocycles. The number of fused-ring (bicyclic) bond motifs is 4. The van der Waals surface area contributed by atoms with Gasteiger partial charge in [0.2, 0.25) is 0 Å². The number of benzene rings is 10. The zero-order valence-electron chi connectivity index (χ0n) is 32.2. The topological polar surface area (TPSA) is 13.1 Å². The van der Waals surface area contributed by atoms with Gasteiger partial charge in [-0.25, -0.2) is 0 Å². The van der Waals surface area contributed by atoms with Gasteiger partial charge in [0.1, 0.15) is 0 Å². The number of aromatic nitrogens is 2. The first-order chi connectivity index (χ1) is 29.3. The van der Waals surface area contributed by atoms with Crippen LogP contribution in [0.5, 0.6) is 0 Å². The maximum Gasteiger partial charge on any atom is 0.0547 e. The summed E-state index contributed by atoms with van der Waals surface area (Å²) in [6.07, 6.45) is 4.58. The van der Waals surface area contributed by atoms with Gasteiger partial charge in [-0.3, -0.25) is 0 Å². The van der Waals surface area contributed by atoms with Crippen LogP contribution < -0.4 is 4.90 Å². The molecule has 2 heterocycles. The van der Waals surface area contributed by atoms with E-state index in [9.17, 15) is 0 Å². The minimum atomic E-state index is 1.10. The lowest BCUT2D eigenvalue weighted by molar-refractivity contribution is 1.17. The third-order valence-electron chi connectivity index (χ3n) is 12.1. The zero-order valence-corrected chi connectivity index (χ0v) is 32.2. The molecule has 0 aliphatic rings. The third-order valence-corrected chi connectivity index (χ3v) is 12.1. The molecule has 3 heteroatoms. The number of hydrogen-bond acceptors (Lipinski definition) is 1. The molecule has 276 valence electrons. The molecule has 0 spiro atoms. The molecular formula is C56H37N3. The number of anilines is 3. The lowest BCUT2D eigenvalue weighted by atomic mass is 9.97. The molecule has 0 aliphatic heterocycles. The van der Waals surface area contributed by atoms with Crippen molar-refractivity contribution in [2.24, 2.45) is 0 Å². The Labute approximate surface area is 341 Å². The van der Waals surface area contributed by atoms with Crippen LogP contribution in [-0.4, -0.2) is 9.13 Å². The van der Waals surface area contributed by atoms with Gasteiger partial charge in [-0.15, -0.1) is 0 Å². The molecule has 10 aromatic carbocycles. The second-order valence-electron chi connectivity index (χ2n) is 15.3. The SMILES string of the molecule is C(=C\c1ccc2c3c1ccc1cccc(c13)n2-c1ccccc1)/c1ccc(N(c2ccccc2)c2ccc(-n3c4ccccc4c4ccccc43)cc2)c2ccccc12. The van der Waals surface area contributed by atoms with E-state index in [2.05, 4.69) is 239 Å². The van der Waals surface area contributed by atoms with Crippen molar-refractivity contribution in [3.05, 3.63) is 223 Å². The van der Waals surface area contributed by atoms with Gasteiger partial charge in [0, 0.05) is 49.7 Å². The molecule has 0 radical (unpaired) electrons. The summed E-state index contributed by atoms with van der Waals surface area (Å²) in [4.78, 5) is 2.38. The Bertz CT molecular complexity index is 3480. The summed E-state index contributed by atoms with van der Waals surface area (Å²) in [5.74, 6) is 0. The second-order valence-corrected chi connectivity index (χ2v) is 15.3. The molecular weight excluding hydrogens is 715 g/mol. The van der Waals surface area contributed by atoms with E-state index in [1.807, 2.05) is 0 Å². The van der Waals surface area contributed by atoms with Gasteiger partial charge >= 0.3 is 0 Å². The standard InChI is InChI=1S/C56H37N3/c1-3-15-41(16-4-1)57(43-31-33-44(34-32-43)58-50-23-11-9-21-48(50)49-22-10-12-24-51(49)58)52-36-29-38(45-19-7-8-20-47(45)52)26-27-39-30-37-54-56-46(39)35-28-40-14-13-25-53(55(40)56)59(54)42-17-5-2-6-18-42/h1-37H/b27-26+. The molecule has 0 N–H and O–H groups in total. The molecule has 0 bridgehead atoms. The van der Waals surface area contributed by atoms with Crippen LogP contribution in [0.15, 0.2) is 212 Å². The van der Waals surface area contributed by atoms with Crippen molar-refractivity contribution in [2.45, 2.75) is 0 Å². The van der Waals surface area contributed by atoms with Crippen LogP contribution in [0.4, 0.5) is 17.1 Å². The maximum absolute atomic E-state index is 2.40. The monoisotopic (exact) mass is 751 g/mol. The molecule has 12 rings (SSSR count). The van der Waals surface area contributed by atoms with E-state index in [1.54, 1.807) is 0 Å². The molecule has 0 aliphatic carbocycles. The highest BCUT2D eigenvalue weighted by Crippen LogP contribution is 2.43. The van der Waals surface area contributed by atoms with Crippen LogP contribution in [0.1, 0.15) is 11.1 Å². The average molecular weight is 752 g/mol. The van der Waals surface area contributed by atoms with E-state index >= 15 is 0 Å². The van der Waals surface area contributed by atoms with Crippen molar-refractivity contribution in [3.8, 4) is 11.4 Å². The van der Waals surface area contributed by atoms with Crippen LogP contribution in [0.25, 0.3) is 88.7 Å². The Balaban J connectivity index is 0.965. The van der Waals surface area contributed by atoms with E-state index in [1.165, 1.54) is 82.0 Å². The fourth-order valence-electron chi connectivity index (χ4n) is 9.49. The number of hydrogen-bond donors (Lipinski definition) is 0. The van der Waals surface area contributed by atoms with Gasteiger partial charge in [-0.05, 0) is 106 Å². The van der Waals surface area contributed by atoms with Crippen LogP contribution in [0.3, 0.4) is 0 Å². The minimum absolute atomic E-state index is 1.10. The Morgan fingerprint density at radius 2 is 0.831 bits per heavy atom. The predicted octanol–water partition coefficient (Wildman–Crippen LogP) is 15.3. The van der Waals surface area contributed by atoms with Gasteiger partial charge in [-0.1, -0.05) is 146 Å². The summed E-state index contributed by atoms with van der Waals surface area (Å²) in [5.41, 5.74) is 12.9. The average Bonchev–Trinajstić information content (AvgIpc) is 3.83. The smallest absolute Gasteiger partial charge is 0.0547 e. The van der Waals surface area contributed by atoms with Gasteiger partial charge in [-0.2, -0.15) is 0 Å². The second kappa shape index (κ2) is 13.4. The van der Waals surface area contributed by atoms with Crippen molar-refractivity contribution in [2.75, 3.05) is 4.90 Å². The number of nitrogens with zero attached hydrogens (tertiary/aromatic N) is 3. The molecule has 0 atom stereocenters. The fraction of sp³-hybridized carbons (Fsp3) is 0. The lowest BCUT2D eigenvalue weighted by Gasteiger charge is -2.27. The molecule has 0 amide bonds. The Kier molecular flexibility index (Phi) is 7.54. The van der Waals surface area contributed by atoms with Crippen molar-refractivity contribution < 1.29 is 0 Å². The van der Waals surface area contributed by atoms with Crippen LogP contribution in [0.2, 0.25) is 0 Å². The van der Waals surface area contributed by atoms with Crippen molar-refractivity contribution in [1.29, 1.82) is 0 Å². The largest absolute Gasteiger partial charge is 0.310 e. The molecule has 2 aromatic heterocycles. The number of para-hydroxylation sites is 4. The Hall–Kier alpha value is -7.88. The normalized spacial score (nSPS) is 12.0. The molecule has 12 aromatic rings. The molecule has 0 saturated heterocycles. The van der Waals surface area contributed by atoms with E-state index in [4.69, 9.17) is 0 Å². The molecule has 59 heavy (non-hydrogen) atoms. The van der Waals surface area contributed by atoms with Crippen molar-refractivity contribution in [3.63, 3.8) is 0 Å². The first-order valence-corrected chi connectivity index (χ1v) is 20.3. The van der Waals surface area contributed by atoms with Crippen LogP contribution in [0, 0.1) is 0 Å². The van der Waals surface area contributed by atoms with E-state index < -0.39 is 0 Å². The van der Waals surface area contributed by atoms with E-state index in [0.29, 0.717) is 0 Å². The third kappa shape index (κ3) is 5.22.